The number of carbonyl (C=O) groups excluding carboxylic acids is 2. The number of hydrogen-bond acceptors (Lipinski definition) is 8. The van der Waals surface area contributed by atoms with Crippen LogP contribution in [-0.4, -0.2) is 53.6 Å². The van der Waals surface area contributed by atoms with Crippen molar-refractivity contribution in [1.82, 2.24) is 14.5 Å². The molecule has 0 aliphatic rings. The van der Waals surface area contributed by atoms with Crippen LogP contribution in [0.3, 0.4) is 0 Å². The maximum atomic E-state index is 12.8. The van der Waals surface area contributed by atoms with Gasteiger partial charge in [-0.05, 0) is 42.5 Å². The van der Waals surface area contributed by atoms with Gasteiger partial charge in [0.1, 0.15) is 0 Å². The first kappa shape index (κ1) is 24.4. The molecule has 0 aliphatic carbocycles. The Morgan fingerprint density at radius 3 is 2.42 bits per heavy atom. The molecule has 2 amide bonds. The Labute approximate surface area is 195 Å². The van der Waals surface area contributed by atoms with Crippen molar-refractivity contribution in [2.75, 3.05) is 24.2 Å². The smallest absolute Gasteiger partial charge is 0.277 e. The number of aromatic nitrogens is 2. The van der Waals surface area contributed by atoms with Crippen molar-refractivity contribution >= 4 is 39.3 Å². The number of nitrogens with two attached hydrogens (primary N) is 1. The molecule has 1 aromatic heterocycles. The molecular formula is C21H23N5O5S2. The van der Waals surface area contributed by atoms with Crippen LogP contribution < -0.4 is 11.1 Å². The second kappa shape index (κ2) is 10.6. The standard InChI is InChI=1S/C21H23N5O5S2/c1-3-26(4-2)33(29,30)17-7-5-6-15(12-17)20-24-25-21(31-20)32-13-18(27)23-16-10-8-14(9-11-16)19(22)28/h5-12H,3-4,13H2,1-2H3,(H2,22,28)(H,23,27). The fraction of sp³-hybridized carbons (Fsp3) is 0.238. The SMILES string of the molecule is CCN(CC)S(=O)(=O)c1cccc(-c2nnc(SCC(=O)Nc3ccc(C(N)=O)cc3)o2)c1. The Balaban J connectivity index is 1.64. The highest BCUT2D eigenvalue weighted by atomic mass is 32.2. The number of nitrogens with zero attached hydrogens (tertiary/aromatic N) is 3. The molecule has 3 N–H and O–H groups in total. The van der Waals surface area contributed by atoms with Gasteiger partial charge in [0.15, 0.2) is 0 Å². The molecule has 0 spiro atoms. The van der Waals surface area contributed by atoms with Gasteiger partial charge in [0.2, 0.25) is 27.7 Å². The number of hydrogen-bond donors (Lipinski definition) is 2. The third kappa shape index (κ3) is 5.97. The average molecular weight is 490 g/mol. The van der Waals surface area contributed by atoms with Gasteiger partial charge in [0, 0.05) is 29.9 Å². The molecule has 10 nitrogen and oxygen atoms in total. The summed E-state index contributed by atoms with van der Waals surface area (Å²) in [6.45, 7) is 4.28. The quantitative estimate of drug-likeness (QED) is 0.413. The van der Waals surface area contributed by atoms with Gasteiger partial charge in [-0.15, -0.1) is 10.2 Å². The van der Waals surface area contributed by atoms with E-state index in [0.29, 0.717) is 29.9 Å². The number of rotatable bonds is 10. The molecule has 0 aliphatic heterocycles. The van der Waals surface area contributed by atoms with Crippen LogP contribution in [0.1, 0.15) is 24.2 Å². The zero-order chi connectivity index (χ0) is 24.0. The van der Waals surface area contributed by atoms with E-state index in [1.54, 1.807) is 38.1 Å². The van der Waals surface area contributed by atoms with Gasteiger partial charge in [-0.3, -0.25) is 9.59 Å². The van der Waals surface area contributed by atoms with Gasteiger partial charge in [-0.2, -0.15) is 4.31 Å². The van der Waals surface area contributed by atoms with Crippen LogP contribution in [0.2, 0.25) is 0 Å². The lowest BCUT2D eigenvalue weighted by molar-refractivity contribution is -0.113. The Bertz CT molecular complexity index is 1240. The minimum absolute atomic E-state index is 0.00951. The third-order valence-corrected chi connectivity index (χ3v) is 7.47. The van der Waals surface area contributed by atoms with Crippen molar-refractivity contribution in [2.24, 2.45) is 5.73 Å². The third-order valence-electron chi connectivity index (χ3n) is 4.61. The Kier molecular flexibility index (Phi) is 7.84. The normalized spacial score (nSPS) is 11.5. The average Bonchev–Trinajstić information content (AvgIpc) is 3.28. The van der Waals surface area contributed by atoms with Gasteiger partial charge < -0.3 is 15.5 Å². The Morgan fingerprint density at radius 2 is 1.79 bits per heavy atom. The summed E-state index contributed by atoms with van der Waals surface area (Å²) in [5, 5.41) is 10.7. The number of thioether (sulfide) groups is 1. The summed E-state index contributed by atoms with van der Waals surface area (Å²) in [6.07, 6.45) is 0. The molecule has 0 bridgehead atoms. The van der Waals surface area contributed by atoms with Gasteiger partial charge in [-0.25, -0.2) is 8.42 Å². The lowest BCUT2D eigenvalue weighted by Crippen LogP contribution is -2.30. The molecule has 0 saturated carbocycles. The number of nitrogens with one attached hydrogen (secondary N) is 1. The van der Waals surface area contributed by atoms with Crippen molar-refractivity contribution in [3.8, 4) is 11.5 Å². The molecule has 0 radical (unpaired) electrons. The summed E-state index contributed by atoms with van der Waals surface area (Å²) < 4.78 is 32.5. The van der Waals surface area contributed by atoms with E-state index < -0.39 is 15.9 Å². The maximum Gasteiger partial charge on any atom is 0.277 e. The van der Waals surface area contributed by atoms with Gasteiger partial charge >= 0.3 is 0 Å². The van der Waals surface area contributed by atoms with E-state index in [4.69, 9.17) is 10.2 Å². The molecule has 3 rings (SSSR count). The molecular weight excluding hydrogens is 466 g/mol. The molecule has 0 saturated heterocycles. The number of sulfonamides is 1. The van der Waals surface area contributed by atoms with Crippen molar-refractivity contribution < 1.29 is 22.4 Å². The molecule has 2 aromatic carbocycles. The van der Waals surface area contributed by atoms with Crippen molar-refractivity contribution in [3.05, 3.63) is 54.1 Å². The fourth-order valence-corrected chi connectivity index (χ4v) is 5.00. The fourth-order valence-electron chi connectivity index (χ4n) is 2.93. The van der Waals surface area contributed by atoms with E-state index in [1.807, 2.05) is 0 Å². The predicted molar refractivity (Wildman–Crippen MR) is 124 cm³/mol. The molecule has 1 heterocycles. The zero-order valence-electron chi connectivity index (χ0n) is 18.0. The van der Waals surface area contributed by atoms with E-state index in [2.05, 4.69) is 15.5 Å². The minimum atomic E-state index is -3.62. The molecule has 0 unspecified atom stereocenters. The van der Waals surface area contributed by atoms with E-state index in [0.717, 1.165) is 11.8 Å². The lowest BCUT2D eigenvalue weighted by atomic mass is 10.2. The first-order valence-electron chi connectivity index (χ1n) is 10.0. The number of carbonyl (C=O) groups is 2. The van der Waals surface area contributed by atoms with Crippen LogP contribution in [0.5, 0.6) is 0 Å². The molecule has 0 fully saturated rings. The summed E-state index contributed by atoms with van der Waals surface area (Å²) >= 11 is 1.04. The number of primary amides is 1. The topological polar surface area (TPSA) is 148 Å². The number of benzene rings is 2. The number of amides is 2. The summed E-state index contributed by atoms with van der Waals surface area (Å²) in [4.78, 5) is 23.4. The Morgan fingerprint density at radius 1 is 1.09 bits per heavy atom. The molecule has 174 valence electrons. The first-order valence-corrected chi connectivity index (χ1v) is 12.4. The first-order chi connectivity index (χ1) is 15.7. The van der Waals surface area contributed by atoms with Gasteiger partial charge in [0.05, 0.1) is 10.6 Å². The van der Waals surface area contributed by atoms with Crippen LogP contribution in [0.4, 0.5) is 5.69 Å². The van der Waals surface area contributed by atoms with E-state index in [-0.39, 0.29) is 27.7 Å². The maximum absolute atomic E-state index is 12.8. The summed E-state index contributed by atoms with van der Waals surface area (Å²) in [5.41, 5.74) is 6.51. The second-order valence-electron chi connectivity index (χ2n) is 6.77. The van der Waals surface area contributed by atoms with Crippen LogP contribution in [-0.2, 0) is 14.8 Å². The van der Waals surface area contributed by atoms with Gasteiger partial charge in [-0.1, -0.05) is 31.7 Å². The van der Waals surface area contributed by atoms with Crippen LogP contribution in [0, 0.1) is 0 Å². The van der Waals surface area contributed by atoms with Crippen molar-refractivity contribution in [2.45, 2.75) is 24.0 Å². The second-order valence-corrected chi connectivity index (χ2v) is 9.63. The number of anilines is 1. The minimum Gasteiger partial charge on any atom is -0.411 e. The van der Waals surface area contributed by atoms with Crippen molar-refractivity contribution in [3.63, 3.8) is 0 Å². The molecule has 33 heavy (non-hydrogen) atoms. The lowest BCUT2D eigenvalue weighted by Gasteiger charge is -2.18. The summed E-state index contributed by atoms with van der Waals surface area (Å²) in [5.74, 6) is -0.697. The molecule has 0 atom stereocenters. The van der Waals surface area contributed by atoms with Gasteiger partial charge in [0.25, 0.3) is 5.22 Å². The summed E-state index contributed by atoms with van der Waals surface area (Å²) in [7, 11) is -3.62. The van der Waals surface area contributed by atoms with Crippen LogP contribution >= 0.6 is 11.8 Å². The molecule has 12 heteroatoms. The summed E-state index contributed by atoms with van der Waals surface area (Å²) in [6, 6.07) is 12.5. The highest BCUT2D eigenvalue weighted by Gasteiger charge is 2.22. The molecule has 3 aromatic rings. The largest absolute Gasteiger partial charge is 0.411 e. The highest BCUT2D eigenvalue weighted by Crippen LogP contribution is 2.26. The van der Waals surface area contributed by atoms with E-state index in [9.17, 15) is 18.0 Å². The Hall–Kier alpha value is -3.22. The van der Waals surface area contributed by atoms with Crippen LogP contribution in [0.25, 0.3) is 11.5 Å². The predicted octanol–water partition coefficient (Wildman–Crippen LogP) is 2.60. The van der Waals surface area contributed by atoms with Crippen LogP contribution in [0.15, 0.2) is 63.1 Å². The van der Waals surface area contributed by atoms with E-state index >= 15 is 0 Å². The van der Waals surface area contributed by atoms with E-state index in [1.165, 1.54) is 28.6 Å². The highest BCUT2D eigenvalue weighted by molar-refractivity contribution is 7.99. The van der Waals surface area contributed by atoms with Crippen molar-refractivity contribution in [1.29, 1.82) is 0 Å². The monoisotopic (exact) mass is 489 g/mol. The zero-order valence-corrected chi connectivity index (χ0v) is 19.6.